The smallest absolute Gasteiger partial charge is 0.341 e. The second-order valence-corrected chi connectivity index (χ2v) is 6.83. The summed E-state index contributed by atoms with van der Waals surface area (Å²) < 4.78 is 4.88. The van der Waals surface area contributed by atoms with Crippen LogP contribution in [0.5, 0.6) is 0 Å². The average molecular weight is 408 g/mol. The largest absolute Gasteiger partial charge is 0.465 e. The third-order valence-corrected chi connectivity index (χ3v) is 5.21. The summed E-state index contributed by atoms with van der Waals surface area (Å²) in [5.41, 5.74) is 0.856. The van der Waals surface area contributed by atoms with Crippen LogP contribution in [0, 0.1) is 6.92 Å². The van der Waals surface area contributed by atoms with Crippen molar-refractivity contribution in [3.05, 3.63) is 34.6 Å². The van der Waals surface area contributed by atoms with Crippen molar-refractivity contribution < 1.29 is 14.3 Å². The number of methoxy groups -OCH3 is 1. The van der Waals surface area contributed by atoms with Gasteiger partial charge in [-0.1, -0.05) is 0 Å². The van der Waals surface area contributed by atoms with Gasteiger partial charge in [0.25, 0.3) is 5.91 Å². The first-order valence-corrected chi connectivity index (χ1v) is 9.50. The van der Waals surface area contributed by atoms with Crippen LogP contribution in [0.3, 0.4) is 0 Å². The number of rotatable bonds is 6. The topological polar surface area (TPSA) is 96.5 Å². The Labute approximate surface area is 167 Å². The molecule has 0 saturated heterocycles. The van der Waals surface area contributed by atoms with E-state index in [2.05, 4.69) is 20.6 Å². The standard InChI is InChI=1S/C17H21N5O3S2/c1-5-22(6-2)15(23)13-10(3)12(16(24)25-4)14(27-13)21-17(26)20-11-9-18-7-8-19-11/h7-9H,5-6H2,1-4H3,(H2,19,20,21,26). The number of esters is 1. The Morgan fingerprint density at radius 2 is 1.96 bits per heavy atom. The van der Waals surface area contributed by atoms with Crippen LogP contribution in [0.25, 0.3) is 0 Å². The van der Waals surface area contributed by atoms with E-state index in [1.165, 1.54) is 30.8 Å². The van der Waals surface area contributed by atoms with E-state index in [1.807, 2.05) is 13.8 Å². The number of amides is 1. The molecule has 27 heavy (non-hydrogen) atoms. The first kappa shape index (κ1) is 20.7. The number of thiophene rings is 1. The zero-order valence-electron chi connectivity index (χ0n) is 15.5. The molecule has 2 rings (SSSR count). The van der Waals surface area contributed by atoms with Gasteiger partial charge < -0.3 is 20.3 Å². The van der Waals surface area contributed by atoms with E-state index in [4.69, 9.17) is 17.0 Å². The molecule has 0 aliphatic heterocycles. The molecular weight excluding hydrogens is 386 g/mol. The fourth-order valence-corrected chi connectivity index (χ4v) is 3.86. The number of anilines is 2. The number of hydrogen-bond acceptors (Lipinski definition) is 7. The molecule has 8 nitrogen and oxygen atoms in total. The first-order chi connectivity index (χ1) is 12.9. The van der Waals surface area contributed by atoms with Gasteiger partial charge in [0, 0.05) is 25.5 Å². The summed E-state index contributed by atoms with van der Waals surface area (Å²) >= 11 is 6.45. The molecule has 0 bridgehead atoms. The first-order valence-electron chi connectivity index (χ1n) is 8.27. The molecule has 0 radical (unpaired) electrons. The fourth-order valence-electron chi connectivity index (χ4n) is 2.42. The number of hydrogen-bond donors (Lipinski definition) is 2. The Hall–Kier alpha value is -2.59. The molecule has 0 aliphatic carbocycles. The molecule has 0 saturated carbocycles. The molecule has 2 heterocycles. The van der Waals surface area contributed by atoms with Crippen molar-refractivity contribution >= 4 is 51.4 Å². The maximum Gasteiger partial charge on any atom is 0.341 e. The van der Waals surface area contributed by atoms with Gasteiger partial charge in [-0.05, 0) is 38.6 Å². The lowest BCUT2D eigenvalue weighted by Crippen LogP contribution is -2.30. The van der Waals surface area contributed by atoms with Crippen LogP contribution in [0.1, 0.15) is 39.4 Å². The quantitative estimate of drug-likeness (QED) is 0.557. The van der Waals surface area contributed by atoms with Gasteiger partial charge in [-0.2, -0.15) is 0 Å². The number of nitrogens with one attached hydrogen (secondary N) is 2. The number of thiocarbonyl (C=S) groups is 1. The van der Waals surface area contributed by atoms with Gasteiger partial charge in [-0.25, -0.2) is 9.78 Å². The van der Waals surface area contributed by atoms with Gasteiger partial charge in [0.05, 0.1) is 23.7 Å². The molecule has 0 aromatic carbocycles. The lowest BCUT2D eigenvalue weighted by atomic mass is 10.1. The van der Waals surface area contributed by atoms with Crippen molar-refractivity contribution in [2.45, 2.75) is 20.8 Å². The summed E-state index contributed by atoms with van der Waals surface area (Å²) in [7, 11) is 1.30. The summed E-state index contributed by atoms with van der Waals surface area (Å²) in [6.07, 6.45) is 4.59. The van der Waals surface area contributed by atoms with Gasteiger partial charge in [-0.15, -0.1) is 11.3 Å². The number of carbonyl (C=O) groups excluding carboxylic acids is 2. The van der Waals surface area contributed by atoms with Crippen molar-refractivity contribution in [1.29, 1.82) is 0 Å². The predicted octanol–water partition coefficient (Wildman–Crippen LogP) is 2.92. The highest BCUT2D eigenvalue weighted by molar-refractivity contribution is 7.80. The molecule has 0 unspecified atom stereocenters. The highest BCUT2D eigenvalue weighted by Crippen LogP contribution is 2.34. The van der Waals surface area contributed by atoms with Crippen molar-refractivity contribution in [1.82, 2.24) is 14.9 Å². The molecule has 144 valence electrons. The van der Waals surface area contributed by atoms with E-state index in [-0.39, 0.29) is 11.0 Å². The molecule has 2 aromatic heterocycles. The fraction of sp³-hybridized carbons (Fsp3) is 0.353. The minimum absolute atomic E-state index is 0.131. The Bertz CT molecular complexity index is 835. The number of nitrogens with zero attached hydrogens (tertiary/aromatic N) is 3. The van der Waals surface area contributed by atoms with Gasteiger partial charge in [-0.3, -0.25) is 9.78 Å². The summed E-state index contributed by atoms with van der Waals surface area (Å²) in [5.74, 6) is -0.206. The summed E-state index contributed by atoms with van der Waals surface area (Å²) in [4.78, 5) is 35.2. The Kier molecular flexibility index (Phi) is 7.19. The molecule has 0 spiro atoms. The van der Waals surface area contributed by atoms with Crippen LogP contribution in [-0.2, 0) is 4.74 Å². The monoisotopic (exact) mass is 407 g/mol. The van der Waals surface area contributed by atoms with E-state index in [1.54, 1.807) is 18.0 Å². The highest BCUT2D eigenvalue weighted by Gasteiger charge is 2.27. The average Bonchev–Trinajstić information content (AvgIpc) is 2.98. The second kappa shape index (κ2) is 9.38. The minimum atomic E-state index is -0.535. The van der Waals surface area contributed by atoms with Crippen LogP contribution < -0.4 is 10.6 Å². The van der Waals surface area contributed by atoms with E-state index >= 15 is 0 Å². The van der Waals surface area contributed by atoms with Gasteiger partial charge in [0.1, 0.15) is 5.00 Å². The Morgan fingerprint density at radius 1 is 1.26 bits per heavy atom. The molecule has 0 atom stereocenters. The van der Waals surface area contributed by atoms with Crippen molar-refractivity contribution in [2.24, 2.45) is 0 Å². The summed E-state index contributed by atoms with van der Waals surface area (Å²) in [6, 6.07) is 0. The lowest BCUT2D eigenvalue weighted by Gasteiger charge is -2.17. The molecule has 2 aromatic rings. The van der Waals surface area contributed by atoms with Gasteiger partial charge in [0.2, 0.25) is 0 Å². The predicted molar refractivity (Wildman–Crippen MR) is 110 cm³/mol. The van der Waals surface area contributed by atoms with Gasteiger partial charge >= 0.3 is 5.97 Å². The lowest BCUT2D eigenvalue weighted by molar-refractivity contribution is 0.0601. The summed E-state index contributed by atoms with van der Waals surface area (Å²) in [5, 5.41) is 6.51. The Balaban J connectivity index is 2.34. The zero-order chi connectivity index (χ0) is 20.0. The SMILES string of the molecule is CCN(CC)C(=O)c1sc(NC(=S)Nc2cnccn2)c(C(=O)OC)c1C. The van der Waals surface area contributed by atoms with Crippen LogP contribution in [-0.4, -0.2) is 52.1 Å². The highest BCUT2D eigenvalue weighted by atomic mass is 32.1. The maximum absolute atomic E-state index is 12.8. The second-order valence-electron chi connectivity index (χ2n) is 5.40. The van der Waals surface area contributed by atoms with E-state index in [9.17, 15) is 9.59 Å². The summed E-state index contributed by atoms with van der Waals surface area (Å²) in [6.45, 7) is 6.70. The molecular formula is C17H21N5O3S2. The number of ether oxygens (including phenoxy) is 1. The normalized spacial score (nSPS) is 10.2. The molecule has 1 amide bonds. The minimum Gasteiger partial charge on any atom is -0.465 e. The van der Waals surface area contributed by atoms with E-state index in [0.717, 1.165) is 0 Å². The van der Waals surface area contributed by atoms with Crippen LogP contribution in [0.15, 0.2) is 18.6 Å². The number of carbonyl (C=O) groups is 2. The van der Waals surface area contributed by atoms with Crippen LogP contribution >= 0.6 is 23.6 Å². The van der Waals surface area contributed by atoms with Gasteiger partial charge in [0.15, 0.2) is 10.9 Å². The number of aromatic nitrogens is 2. The van der Waals surface area contributed by atoms with Crippen molar-refractivity contribution in [3.8, 4) is 0 Å². The van der Waals surface area contributed by atoms with E-state index in [0.29, 0.717) is 39.9 Å². The molecule has 0 aliphatic rings. The maximum atomic E-state index is 12.8. The van der Waals surface area contributed by atoms with Crippen molar-refractivity contribution in [3.63, 3.8) is 0 Å². The Morgan fingerprint density at radius 3 is 2.52 bits per heavy atom. The molecule has 10 heteroatoms. The molecule has 2 N–H and O–H groups in total. The zero-order valence-corrected chi connectivity index (χ0v) is 17.2. The molecule has 0 fully saturated rings. The van der Waals surface area contributed by atoms with Crippen molar-refractivity contribution in [2.75, 3.05) is 30.8 Å². The van der Waals surface area contributed by atoms with Crippen LogP contribution in [0.4, 0.5) is 10.8 Å². The van der Waals surface area contributed by atoms with E-state index < -0.39 is 5.97 Å². The third kappa shape index (κ3) is 4.77. The van der Waals surface area contributed by atoms with Crippen LogP contribution in [0.2, 0.25) is 0 Å². The third-order valence-electron chi connectivity index (χ3n) is 3.81.